The molecule has 2 aromatic rings. The molecule has 4 nitrogen and oxygen atoms in total. The number of fused-ring (bicyclic) bond motifs is 1. The van der Waals surface area contributed by atoms with Crippen molar-refractivity contribution in [3.05, 3.63) is 69.0 Å². The van der Waals surface area contributed by atoms with Gasteiger partial charge in [0.2, 0.25) is 5.88 Å². The highest BCUT2D eigenvalue weighted by molar-refractivity contribution is 6.36. The Hall–Kier alpha value is -2.35. The van der Waals surface area contributed by atoms with Crippen molar-refractivity contribution in [2.24, 2.45) is 5.73 Å². The number of benzene rings is 2. The molecule has 0 spiro atoms. The van der Waals surface area contributed by atoms with Crippen molar-refractivity contribution in [2.75, 3.05) is 19.0 Å². The van der Waals surface area contributed by atoms with E-state index in [2.05, 4.69) is 6.07 Å². The number of nitrogens with zero attached hydrogens (tertiary/aromatic N) is 2. The molecule has 0 fully saturated rings. The maximum Gasteiger partial charge on any atom is 0.205 e. The second-order valence-corrected chi connectivity index (χ2v) is 6.49. The average Bonchev–Trinajstić information content (AvgIpc) is 2.53. The summed E-state index contributed by atoms with van der Waals surface area (Å²) in [6, 6.07) is 13.2. The van der Waals surface area contributed by atoms with Gasteiger partial charge in [-0.05, 0) is 18.2 Å². The monoisotopic (exact) mass is 359 g/mol. The smallest absolute Gasteiger partial charge is 0.205 e. The van der Waals surface area contributed by atoms with Crippen LogP contribution in [-0.2, 0) is 0 Å². The third-order valence-electron chi connectivity index (χ3n) is 4.01. The molecule has 2 aromatic carbocycles. The lowest BCUT2D eigenvalue weighted by Gasteiger charge is -2.28. The first-order valence-electron chi connectivity index (χ1n) is 7.26. The summed E-state index contributed by atoms with van der Waals surface area (Å²) in [6.07, 6.45) is 0. The Morgan fingerprint density at radius 1 is 1.17 bits per heavy atom. The molecule has 0 bridgehead atoms. The van der Waals surface area contributed by atoms with E-state index in [1.54, 1.807) is 18.2 Å². The van der Waals surface area contributed by atoms with Gasteiger partial charge >= 0.3 is 0 Å². The lowest BCUT2D eigenvalue weighted by Crippen LogP contribution is -2.22. The van der Waals surface area contributed by atoms with Crippen LogP contribution in [0.15, 0.2) is 47.9 Å². The van der Waals surface area contributed by atoms with Gasteiger partial charge in [-0.15, -0.1) is 0 Å². The summed E-state index contributed by atoms with van der Waals surface area (Å²) < 4.78 is 5.68. The second-order valence-electron chi connectivity index (χ2n) is 5.68. The van der Waals surface area contributed by atoms with Crippen LogP contribution in [0, 0.1) is 11.3 Å². The van der Waals surface area contributed by atoms with Crippen LogP contribution in [0.4, 0.5) is 5.69 Å². The van der Waals surface area contributed by atoms with Gasteiger partial charge in [-0.2, -0.15) is 5.26 Å². The van der Waals surface area contributed by atoms with Crippen molar-refractivity contribution in [1.82, 2.24) is 0 Å². The van der Waals surface area contributed by atoms with E-state index in [-0.39, 0.29) is 5.88 Å². The van der Waals surface area contributed by atoms with Crippen molar-refractivity contribution < 1.29 is 4.74 Å². The molecule has 122 valence electrons. The number of nitrogens with two attached hydrogens (primary N) is 1. The lowest BCUT2D eigenvalue weighted by molar-refractivity contribution is 0.394. The Bertz CT molecular complexity index is 864. The van der Waals surface area contributed by atoms with Crippen molar-refractivity contribution in [1.29, 1.82) is 5.26 Å². The predicted octanol–water partition coefficient (Wildman–Crippen LogP) is 4.28. The fourth-order valence-electron chi connectivity index (χ4n) is 2.81. The highest BCUT2D eigenvalue weighted by atomic mass is 35.5. The molecule has 0 saturated heterocycles. The predicted molar refractivity (Wildman–Crippen MR) is 96.5 cm³/mol. The Morgan fingerprint density at radius 3 is 2.42 bits per heavy atom. The number of allylic oxidation sites excluding steroid dienone is 1. The molecule has 1 unspecified atom stereocenters. The topological polar surface area (TPSA) is 62.3 Å². The van der Waals surface area contributed by atoms with E-state index in [1.165, 1.54) is 0 Å². The van der Waals surface area contributed by atoms with Crippen LogP contribution in [0.2, 0.25) is 10.0 Å². The molecule has 0 aromatic heterocycles. The summed E-state index contributed by atoms with van der Waals surface area (Å²) in [5.74, 6) is 0.205. The molecule has 2 N–H and O–H groups in total. The second kappa shape index (κ2) is 6.27. The third kappa shape index (κ3) is 2.66. The van der Waals surface area contributed by atoms with Gasteiger partial charge in [0.1, 0.15) is 17.4 Å². The number of halogens is 2. The quantitative estimate of drug-likeness (QED) is 0.869. The molecule has 0 saturated carbocycles. The molecule has 6 heteroatoms. The maximum absolute atomic E-state index is 9.58. The first-order chi connectivity index (χ1) is 11.4. The highest BCUT2D eigenvalue weighted by Crippen LogP contribution is 2.47. The van der Waals surface area contributed by atoms with Gasteiger partial charge in [-0.25, -0.2) is 0 Å². The summed E-state index contributed by atoms with van der Waals surface area (Å²) >= 11 is 12.7. The van der Waals surface area contributed by atoms with Crippen molar-refractivity contribution >= 4 is 28.9 Å². The van der Waals surface area contributed by atoms with Crippen LogP contribution in [0.25, 0.3) is 0 Å². The molecule has 1 heterocycles. The summed E-state index contributed by atoms with van der Waals surface area (Å²) in [4.78, 5) is 1.96. The SMILES string of the molecule is CN(C)c1ccc2c(c1)OC(N)=C(C#N)C2c1c(Cl)cccc1Cl. The third-order valence-corrected chi connectivity index (χ3v) is 4.67. The van der Waals surface area contributed by atoms with Gasteiger partial charge in [0.15, 0.2) is 0 Å². The maximum atomic E-state index is 9.58. The highest BCUT2D eigenvalue weighted by Gasteiger charge is 2.33. The molecular formula is C18H15Cl2N3O. The van der Waals surface area contributed by atoms with Crippen molar-refractivity contribution in [3.63, 3.8) is 0 Å². The van der Waals surface area contributed by atoms with E-state index in [0.717, 1.165) is 11.3 Å². The first-order valence-corrected chi connectivity index (χ1v) is 8.02. The molecule has 0 amide bonds. The normalized spacial score (nSPS) is 16.2. The minimum atomic E-state index is -0.462. The van der Waals surface area contributed by atoms with E-state index >= 15 is 0 Å². The van der Waals surface area contributed by atoms with Gasteiger partial charge in [-0.3, -0.25) is 0 Å². The fourth-order valence-corrected chi connectivity index (χ4v) is 3.42. The zero-order valence-electron chi connectivity index (χ0n) is 13.2. The molecule has 0 aliphatic carbocycles. The number of rotatable bonds is 2. The van der Waals surface area contributed by atoms with E-state index in [0.29, 0.717) is 26.9 Å². The molecule has 24 heavy (non-hydrogen) atoms. The van der Waals surface area contributed by atoms with Gasteiger partial charge in [-0.1, -0.05) is 35.3 Å². The van der Waals surface area contributed by atoms with Gasteiger partial charge in [0, 0.05) is 47.0 Å². The number of nitriles is 1. The Labute approximate surface area is 150 Å². The molecule has 1 aliphatic rings. The molecule has 1 aliphatic heterocycles. The van der Waals surface area contributed by atoms with Crippen LogP contribution in [0.5, 0.6) is 5.75 Å². The van der Waals surface area contributed by atoms with Crippen LogP contribution in [0.1, 0.15) is 17.0 Å². The van der Waals surface area contributed by atoms with Gasteiger partial charge in [0.05, 0.1) is 5.92 Å². The van der Waals surface area contributed by atoms with Crippen LogP contribution in [-0.4, -0.2) is 14.1 Å². The Kier molecular flexibility index (Phi) is 4.31. The molecule has 0 radical (unpaired) electrons. The number of ether oxygens (including phenoxy) is 1. The summed E-state index contributed by atoms with van der Waals surface area (Å²) in [5.41, 5.74) is 8.72. The number of hydrogen-bond acceptors (Lipinski definition) is 4. The van der Waals surface area contributed by atoms with Crippen LogP contribution < -0.4 is 15.4 Å². The van der Waals surface area contributed by atoms with E-state index in [9.17, 15) is 5.26 Å². The standard InChI is InChI=1S/C18H15Cl2N3O/c1-23(2)10-6-7-11-15(8-10)24-18(22)12(9-21)16(11)17-13(19)4-3-5-14(17)20/h3-8,16H,22H2,1-2H3. The summed E-state index contributed by atoms with van der Waals surface area (Å²) in [6.45, 7) is 0. The van der Waals surface area contributed by atoms with Crippen molar-refractivity contribution in [2.45, 2.75) is 5.92 Å². The van der Waals surface area contributed by atoms with Crippen LogP contribution in [0.3, 0.4) is 0 Å². The zero-order chi connectivity index (χ0) is 17.4. The first kappa shape index (κ1) is 16.5. The van der Waals surface area contributed by atoms with E-state index < -0.39 is 5.92 Å². The van der Waals surface area contributed by atoms with E-state index in [1.807, 2.05) is 37.2 Å². The summed E-state index contributed by atoms with van der Waals surface area (Å²) in [5, 5.41) is 10.5. The zero-order valence-corrected chi connectivity index (χ0v) is 14.7. The average molecular weight is 360 g/mol. The number of hydrogen-bond donors (Lipinski definition) is 1. The molecule has 3 rings (SSSR count). The Balaban J connectivity index is 2.27. The van der Waals surface area contributed by atoms with Gasteiger partial charge in [0.25, 0.3) is 0 Å². The Morgan fingerprint density at radius 2 is 1.83 bits per heavy atom. The summed E-state index contributed by atoms with van der Waals surface area (Å²) in [7, 11) is 3.87. The fraction of sp³-hybridized carbons (Fsp3) is 0.167. The minimum absolute atomic E-state index is 0.0712. The van der Waals surface area contributed by atoms with Crippen molar-refractivity contribution in [3.8, 4) is 11.8 Å². The van der Waals surface area contributed by atoms with Gasteiger partial charge < -0.3 is 15.4 Å². The van der Waals surface area contributed by atoms with Crippen LogP contribution >= 0.6 is 23.2 Å². The molecule has 1 atom stereocenters. The molecular weight excluding hydrogens is 345 g/mol. The minimum Gasteiger partial charge on any atom is -0.440 e. The lowest BCUT2D eigenvalue weighted by atomic mass is 9.83. The largest absolute Gasteiger partial charge is 0.440 e. The van der Waals surface area contributed by atoms with E-state index in [4.69, 9.17) is 33.7 Å². The number of anilines is 1.